The molecule has 0 saturated carbocycles. The van der Waals surface area contributed by atoms with E-state index in [-0.39, 0.29) is 17.1 Å². The zero-order chi connectivity index (χ0) is 18.3. The van der Waals surface area contributed by atoms with Gasteiger partial charge in [-0.1, -0.05) is 77.6 Å². The van der Waals surface area contributed by atoms with Crippen LogP contribution in [0.25, 0.3) is 0 Å². The molecule has 0 spiro atoms. The maximum absolute atomic E-state index is 11.8. The number of benzene rings is 1. The van der Waals surface area contributed by atoms with E-state index in [0.29, 0.717) is 6.61 Å². The number of hydrogen-bond acceptors (Lipinski definition) is 4. The molecular weight excluding hydrogens is 316 g/mol. The first kappa shape index (κ1) is 21.3. The van der Waals surface area contributed by atoms with E-state index >= 15 is 0 Å². The Bertz CT molecular complexity index is 485. The van der Waals surface area contributed by atoms with E-state index in [4.69, 9.17) is 4.74 Å². The summed E-state index contributed by atoms with van der Waals surface area (Å²) in [5.41, 5.74) is 0.0129. The number of unbranched alkanes of at least 4 members (excludes halogenated alkanes) is 11. The maximum atomic E-state index is 11.8. The molecule has 0 bridgehead atoms. The molecule has 0 radical (unpaired) electrons. The van der Waals surface area contributed by atoms with E-state index in [0.717, 1.165) is 12.8 Å². The highest BCUT2D eigenvalue weighted by Crippen LogP contribution is 2.22. The Morgan fingerprint density at radius 3 is 1.92 bits per heavy atom. The molecule has 0 amide bonds. The summed E-state index contributed by atoms with van der Waals surface area (Å²) in [7, 11) is 0. The number of aromatic hydroxyl groups is 2. The molecule has 25 heavy (non-hydrogen) atoms. The quantitative estimate of drug-likeness (QED) is 0.247. The van der Waals surface area contributed by atoms with Crippen molar-refractivity contribution in [2.75, 3.05) is 6.61 Å². The minimum atomic E-state index is -0.587. The summed E-state index contributed by atoms with van der Waals surface area (Å²) < 4.78 is 5.15. The molecule has 4 nitrogen and oxygen atoms in total. The third-order valence-corrected chi connectivity index (χ3v) is 4.43. The Hall–Kier alpha value is -1.71. The van der Waals surface area contributed by atoms with Crippen molar-refractivity contribution in [2.24, 2.45) is 0 Å². The molecule has 0 fully saturated rings. The third-order valence-electron chi connectivity index (χ3n) is 4.43. The van der Waals surface area contributed by atoms with Crippen molar-refractivity contribution in [3.8, 4) is 11.5 Å². The summed E-state index contributed by atoms with van der Waals surface area (Å²) in [5.74, 6) is -0.816. The van der Waals surface area contributed by atoms with Gasteiger partial charge in [-0.3, -0.25) is 0 Å². The van der Waals surface area contributed by atoms with Crippen LogP contribution >= 0.6 is 0 Å². The second kappa shape index (κ2) is 13.6. The lowest BCUT2D eigenvalue weighted by Crippen LogP contribution is -2.06. The van der Waals surface area contributed by atoms with Gasteiger partial charge in [-0.2, -0.15) is 0 Å². The Kier molecular flexibility index (Phi) is 11.6. The molecule has 142 valence electrons. The highest BCUT2D eigenvalue weighted by Gasteiger charge is 2.13. The van der Waals surface area contributed by atoms with Crippen LogP contribution in [0.1, 0.15) is 94.3 Å². The van der Waals surface area contributed by atoms with Gasteiger partial charge in [-0.05, 0) is 24.6 Å². The van der Waals surface area contributed by atoms with E-state index in [2.05, 4.69) is 6.92 Å². The van der Waals surface area contributed by atoms with Gasteiger partial charge in [0.15, 0.2) is 0 Å². The zero-order valence-electron chi connectivity index (χ0n) is 15.6. The van der Waals surface area contributed by atoms with Crippen molar-refractivity contribution in [1.82, 2.24) is 0 Å². The van der Waals surface area contributed by atoms with Crippen LogP contribution in [0, 0.1) is 0 Å². The normalized spacial score (nSPS) is 10.8. The topological polar surface area (TPSA) is 66.8 Å². The van der Waals surface area contributed by atoms with Crippen molar-refractivity contribution in [3.05, 3.63) is 23.8 Å². The zero-order valence-corrected chi connectivity index (χ0v) is 15.6. The molecule has 0 aliphatic rings. The van der Waals surface area contributed by atoms with Crippen molar-refractivity contribution < 1.29 is 19.7 Å². The van der Waals surface area contributed by atoms with E-state index < -0.39 is 5.97 Å². The fourth-order valence-corrected chi connectivity index (χ4v) is 2.87. The molecule has 4 heteroatoms. The van der Waals surface area contributed by atoms with Crippen LogP contribution in [0.15, 0.2) is 18.2 Å². The van der Waals surface area contributed by atoms with Crippen LogP contribution in [0.4, 0.5) is 0 Å². The minimum Gasteiger partial charge on any atom is -0.508 e. The number of rotatable bonds is 14. The second-order valence-electron chi connectivity index (χ2n) is 6.73. The molecule has 2 N–H and O–H groups in total. The van der Waals surface area contributed by atoms with E-state index in [1.54, 1.807) is 0 Å². The number of esters is 1. The summed E-state index contributed by atoms with van der Waals surface area (Å²) in [4.78, 5) is 11.8. The number of phenols is 2. The molecule has 0 saturated heterocycles. The lowest BCUT2D eigenvalue weighted by molar-refractivity contribution is 0.0494. The molecule has 1 aromatic rings. The van der Waals surface area contributed by atoms with Gasteiger partial charge in [-0.25, -0.2) is 4.79 Å². The second-order valence-corrected chi connectivity index (χ2v) is 6.73. The minimum absolute atomic E-state index is 0.0129. The predicted octanol–water partition coefficient (Wildman–Crippen LogP) is 5.96. The van der Waals surface area contributed by atoms with Crippen molar-refractivity contribution in [3.63, 3.8) is 0 Å². The Morgan fingerprint density at radius 2 is 1.36 bits per heavy atom. The van der Waals surface area contributed by atoms with Crippen LogP contribution in [0.3, 0.4) is 0 Å². The van der Waals surface area contributed by atoms with E-state index in [1.807, 2.05) is 0 Å². The first-order chi connectivity index (χ1) is 12.1. The Morgan fingerprint density at radius 1 is 0.840 bits per heavy atom. The lowest BCUT2D eigenvalue weighted by atomic mass is 10.1. The SMILES string of the molecule is CCCCCCCCCCCCCCOC(=O)c1cc(O)ccc1O. The molecule has 1 rings (SSSR count). The average Bonchev–Trinajstić information content (AvgIpc) is 2.61. The fourth-order valence-electron chi connectivity index (χ4n) is 2.87. The summed E-state index contributed by atoms with van der Waals surface area (Å²) in [6, 6.07) is 3.84. The Labute approximate surface area is 152 Å². The first-order valence-corrected chi connectivity index (χ1v) is 9.84. The third kappa shape index (κ3) is 10.0. The van der Waals surface area contributed by atoms with Gasteiger partial charge in [0.2, 0.25) is 0 Å². The number of carbonyl (C=O) groups excluding carboxylic acids is 1. The molecule has 1 aromatic carbocycles. The highest BCUT2D eigenvalue weighted by molar-refractivity contribution is 5.92. The molecule has 0 aliphatic carbocycles. The smallest absolute Gasteiger partial charge is 0.342 e. The molecule has 0 aliphatic heterocycles. The summed E-state index contributed by atoms with van der Waals surface area (Å²) >= 11 is 0. The average molecular weight is 350 g/mol. The van der Waals surface area contributed by atoms with Gasteiger partial charge >= 0.3 is 5.97 Å². The van der Waals surface area contributed by atoms with Gasteiger partial charge in [0.1, 0.15) is 17.1 Å². The summed E-state index contributed by atoms with van der Waals surface area (Å²) in [6.07, 6.45) is 15.1. The number of hydrogen-bond donors (Lipinski definition) is 2. The van der Waals surface area contributed by atoms with Crippen molar-refractivity contribution in [2.45, 2.75) is 84.0 Å². The summed E-state index contributed by atoms with van der Waals surface area (Å²) in [6.45, 7) is 2.60. The standard InChI is InChI=1S/C21H34O4/c1-2-3-4-5-6-7-8-9-10-11-12-13-16-25-21(24)19-17-18(22)14-15-20(19)23/h14-15,17,22-23H,2-13,16H2,1H3. The van der Waals surface area contributed by atoms with Gasteiger partial charge in [0.25, 0.3) is 0 Å². The van der Waals surface area contributed by atoms with E-state index in [1.165, 1.54) is 82.4 Å². The van der Waals surface area contributed by atoms with Crippen molar-refractivity contribution in [1.29, 1.82) is 0 Å². The van der Waals surface area contributed by atoms with Crippen molar-refractivity contribution >= 4 is 5.97 Å². The van der Waals surface area contributed by atoms with Gasteiger partial charge in [0.05, 0.1) is 6.61 Å². The molecule has 0 unspecified atom stereocenters. The number of ether oxygens (including phenoxy) is 1. The molecule has 0 atom stereocenters. The highest BCUT2D eigenvalue weighted by atomic mass is 16.5. The van der Waals surface area contributed by atoms with Crippen LogP contribution in [0.5, 0.6) is 11.5 Å². The largest absolute Gasteiger partial charge is 0.508 e. The maximum Gasteiger partial charge on any atom is 0.342 e. The van der Waals surface area contributed by atoms with Crippen LogP contribution < -0.4 is 0 Å². The summed E-state index contributed by atoms with van der Waals surface area (Å²) in [5, 5.41) is 18.9. The Balaban J connectivity index is 1.95. The van der Waals surface area contributed by atoms with Gasteiger partial charge in [0, 0.05) is 0 Å². The number of carbonyl (C=O) groups is 1. The van der Waals surface area contributed by atoms with Gasteiger partial charge in [-0.15, -0.1) is 0 Å². The van der Waals surface area contributed by atoms with Crippen LogP contribution in [-0.2, 0) is 4.74 Å². The molecule has 0 aromatic heterocycles. The van der Waals surface area contributed by atoms with E-state index in [9.17, 15) is 15.0 Å². The fraction of sp³-hybridized carbons (Fsp3) is 0.667. The molecular formula is C21H34O4. The van der Waals surface area contributed by atoms with Crippen LogP contribution in [0.2, 0.25) is 0 Å². The van der Waals surface area contributed by atoms with Crippen LogP contribution in [-0.4, -0.2) is 22.8 Å². The monoisotopic (exact) mass is 350 g/mol. The lowest BCUT2D eigenvalue weighted by Gasteiger charge is -2.07. The predicted molar refractivity (Wildman–Crippen MR) is 101 cm³/mol. The molecule has 0 heterocycles. The first-order valence-electron chi connectivity index (χ1n) is 9.84. The number of phenolic OH excluding ortho intramolecular Hbond substituents is 2. The van der Waals surface area contributed by atoms with Gasteiger partial charge < -0.3 is 14.9 Å².